The fourth-order valence-electron chi connectivity index (χ4n) is 2.43. The molecule has 0 aliphatic carbocycles. The van der Waals surface area contributed by atoms with Crippen LogP contribution in [0.25, 0.3) is 0 Å². The summed E-state index contributed by atoms with van der Waals surface area (Å²) in [5.74, 6) is 0.532. The highest BCUT2D eigenvalue weighted by Crippen LogP contribution is 2.12. The van der Waals surface area contributed by atoms with Gasteiger partial charge < -0.3 is 10.6 Å². The Morgan fingerprint density at radius 2 is 1.70 bits per heavy atom. The average molecular weight is 418 g/mol. The second kappa shape index (κ2) is 10.7. The first-order valence-corrected chi connectivity index (χ1v) is 12.8. The molecule has 1 aromatic rings. The first-order valence-electron chi connectivity index (χ1n) is 9.10. The number of aliphatic imine (C=N–C) groups is 1. The van der Waals surface area contributed by atoms with E-state index in [1.165, 1.54) is 6.26 Å². The number of hydrogen-bond donors (Lipinski definition) is 2. The van der Waals surface area contributed by atoms with Crippen LogP contribution in [0, 0.1) is 0 Å². The van der Waals surface area contributed by atoms with Gasteiger partial charge in [-0.05, 0) is 38.8 Å². The molecule has 2 unspecified atom stereocenters. The molecule has 0 radical (unpaired) electrons. The predicted molar refractivity (Wildman–Crippen MR) is 111 cm³/mol. The summed E-state index contributed by atoms with van der Waals surface area (Å²) in [7, 11) is -6.44. The van der Waals surface area contributed by atoms with Gasteiger partial charge in [0.2, 0.25) is 0 Å². The Bertz CT molecular complexity index is 806. The topological polar surface area (TPSA) is 105 Å². The molecule has 0 aliphatic rings. The van der Waals surface area contributed by atoms with Crippen molar-refractivity contribution in [1.82, 2.24) is 10.6 Å². The van der Waals surface area contributed by atoms with Gasteiger partial charge in [0, 0.05) is 24.9 Å². The third kappa shape index (κ3) is 9.23. The van der Waals surface area contributed by atoms with Crippen LogP contribution >= 0.6 is 0 Å². The van der Waals surface area contributed by atoms with E-state index in [4.69, 9.17) is 0 Å². The first-order chi connectivity index (χ1) is 12.6. The highest BCUT2D eigenvalue weighted by molar-refractivity contribution is 7.91. The minimum Gasteiger partial charge on any atom is -0.354 e. The minimum absolute atomic E-state index is 0.0460. The maximum atomic E-state index is 12.6. The molecule has 0 aromatic heterocycles. The summed E-state index contributed by atoms with van der Waals surface area (Å²) in [6, 6.07) is 7.95. The summed E-state index contributed by atoms with van der Waals surface area (Å²) >= 11 is 0. The largest absolute Gasteiger partial charge is 0.354 e. The van der Waals surface area contributed by atoms with Crippen molar-refractivity contribution in [3.63, 3.8) is 0 Å². The fraction of sp³-hybridized carbons (Fsp3) is 0.611. The average Bonchev–Trinajstić information content (AvgIpc) is 2.59. The van der Waals surface area contributed by atoms with Crippen molar-refractivity contribution < 1.29 is 16.8 Å². The van der Waals surface area contributed by atoms with Crippen LogP contribution in [0.1, 0.15) is 33.6 Å². The number of benzene rings is 1. The van der Waals surface area contributed by atoms with Gasteiger partial charge in [-0.1, -0.05) is 25.1 Å². The number of guanidine groups is 1. The van der Waals surface area contributed by atoms with Gasteiger partial charge in [-0.15, -0.1) is 0 Å². The van der Waals surface area contributed by atoms with Crippen LogP contribution in [0.5, 0.6) is 0 Å². The Morgan fingerprint density at radius 3 is 2.22 bits per heavy atom. The van der Waals surface area contributed by atoms with E-state index in [-0.39, 0.29) is 23.6 Å². The lowest BCUT2D eigenvalue weighted by molar-refractivity contribution is 0.555. The molecule has 0 saturated heterocycles. The van der Waals surface area contributed by atoms with Crippen molar-refractivity contribution in [3.8, 4) is 0 Å². The molecular formula is C18H31N3O4S2. The van der Waals surface area contributed by atoms with Crippen molar-refractivity contribution in [2.45, 2.75) is 50.6 Å². The van der Waals surface area contributed by atoms with Gasteiger partial charge in [0.25, 0.3) is 0 Å². The number of nitrogens with one attached hydrogen (secondary N) is 2. The van der Waals surface area contributed by atoms with E-state index >= 15 is 0 Å². The molecule has 154 valence electrons. The summed E-state index contributed by atoms with van der Waals surface area (Å²) < 4.78 is 47.9. The Balaban J connectivity index is 2.77. The van der Waals surface area contributed by atoms with Crippen molar-refractivity contribution in [3.05, 3.63) is 30.3 Å². The molecule has 0 spiro atoms. The fourth-order valence-corrected chi connectivity index (χ4v) is 4.83. The predicted octanol–water partition coefficient (Wildman–Crippen LogP) is 1.62. The molecule has 1 aromatic carbocycles. The van der Waals surface area contributed by atoms with E-state index in [1.807, 2.05) is 20.8 Å². The standard InChI is InChI=1S/C18H31N3O4S2/c1-5-16(14-27(24,25)17-10-8-7-9-11-17)21-18(19-6-2)20-15(3)12-13-26(4,22)23/h7-11,15-16H,5-6,12-14H2,1-4H3,(H2,19,20,21). The SMILES string of the molecule is CCN=C(NC(C)CCS(C)(=O)=O)NC(CC)CS(=O)(=O)c1ccccc1. The van der Waals surface area contributed by atoms with Crippen LogP contribution in [0.4, 0.5) is 0 Å². The zero-order chi connectivity index (χ0) is 20.5. The van der Waals surface area contributed by atoms with Crippen molar-refractivity contribution in [1.29, 1.82) is 0 Å². The van der Waals surface area contributed by atoms with Crippen LogP contribution < -0.4 is 10.6 Å². The molecule has 0 fully saturated rings. The van der Waals surface area contributed by atoms with E-state index in [2.05, 4.69) is 15.6 Å². The Hall–Kier alpha value is -1.61. The molecular weight excluding hydrogens is 386 g/mol. The third-order valence-electron chi connectivity index (χ3n) is 3.98. The van der Waals surface area contributed by atoms with E-state index in [0.717, 1.165) is 0 Å². The quantitative estimate of drug-likeness (QED) is 0.443. The van der Waals surface area contributed by atoms with Crippen LogP contribution in [0.15, 0.2) is 40.2 Å². The lowest BCUT2D eigenvalue weighted by Crippen LogP contribution is -2.49. The zero-order valence-electron chi connectivity index (χ0n) is 16.5. The normalized spacial score (nSPS) is 15.2. The van der Waals surface area contributed by atoms with Crippen molar-refractivity contribution in [2.75, 3.05) is 24.3 Å². The Labute approximate surface area is 163 Å². The van der Waals surface area contributed by atoms with Crippen LogP contribution in [-0.4, -0.2) is 59.2 Å². The van der Waals surface area contributed by atoms with E-state index in [1.54, 1.807) is 30.3 Å². The Morgan fingerprint density at radius 1 is 1.07 bits per heavy atom. The summed E-state index contributed by atoms with van der Waals surface area (Å²) in [5.41, 5.74) is 0. The molecule has 2 atom stereocenters. The lowest BCUT2D eigenvalue weighted by atomic mass is 10.2. The smallest absolute Gasteiger partial charge is 0.191 e. The highest BCUT2D eigenvalue weighted by atomic mass is 32.2. The second-order valence-electron chi connectivity index (χ2n) is 6.63. The van der Waals surface area contributed by atoms with E-state index < -0.39 is 19.7 Å². The highest BCUT2D eigenvalue weighted by Gasteiger charge is 2.21. The molecule has 9 heteroatoms. The van der Waals surface area contributed by atoms with Crippen molar-refractivity contribution >= 4 is 25.6 Å². The molecule has 0 amide bonds. The van der Waals surface area contributed by atoms with E-state index in [0.29, 0.717) is 30.2 Å². The van der Waals surface area contributed by atoms with Crippen LogP contribution in [-0.2, 0) is 19.7 Å². The first kappa shape index (κ1) is 23.4. The molecule has 2 N–H and O–H groups in total. The third-order valence-corrected chi connectivity index (χ3v) is 6.79. The molecule has 27 heavy (non-hydrogen) atoms. The molecule has 1 rings (SSSR count). The van der Waals surface area contributed by atoms with Gasteiger partial charge in [0.1, 0.15) is 9.84 Å². The number of sulfone groups is 2. The zero-order valence-corrected chi connectivity index (χ0v) is 18.1. The summed E-state index contributed by atoms with van der Waals surface area (Å²) in [5, 5.41) is 6.33. The summed E-state index contributed by atoms with van der Waals surface area (Å²) in [6.07, 6.45) is 2.26. The number of rotatable bonds is 10. The molecule has 7 nitrogen and oxygen atoms in total. The summed E-state index contributed by atoms with van der Waals surface area (Å²) in [4.78, 5) is 4.65. The van der Waals surface area contributed by atoms with Crippen molar-refractivity contribution in [2.24, 2.45) is 4.99 Å². The van der Waals surface area contributed by atoms with Crippen LogP contribution in [0.3, 0.4) is 0 Å². The lowest BCUT2D eigenvalue weighted by Gasteiger charge is -2.23. The van der Waals surface area contributed by atoms with Gasteiger partial charge in [-0.3, -0.25) is 4.99 Å². The van der Waals surface area contributed by atoms with E-state index in [9.17, 15) is 16.8 Å². The number of nitrogens with zero attached hydrogens (tertiary/aromatic N) is 1. The molecule has 0 bridgehead atoms. The molecule has 0 saturated carbocycles. The van der Waals surface area contributed by atoms with Gasteiger partial charge in [0.15, 0.2) is 15.8 Å². The maximum Gasteiger partial charge on any atom is 0.191 e. The van der Waals surface area contributed by atoms with Gasteiger partial charge in [-0.2, -0.15) is 0 Å². The second-order valence-corrected chi connectivity index (χ2v) is 10.9. The van der Waals surface area contributed by atoms with Crippen LogP contribution in [0.2, 0.25) is 0 Å². The van der Waals surface area contributed by atoms with Gasteiger partial charge in [0.05, 0.1) is 16.4 Å². The van der Waals surface area contributed by atoms with Gasteiger partial charge in [-0.25, -0.2) is 16.8 Å². The molecule has 0 heterocycles. The monoisotopic (exact) mass is 417 g/mol. The maximum absolute atomic E-state index is 12.6. The minimum atomic E-state index is -3.41. The number of hydrogen-bond acceptors (Lipinski definition) is 5. The summed E-state index contributed by atoms with van der Waals surface area (Å²) in [6.45, 7) is 6.19. The van der Waals surface area contributed by atoms with Gasteiger partial charge >= 0.3 is 0 Å². The molecule has 0 aliphatic heterocycles. The Kier molecular flexibility index (Phi) is 9.25.